The van der Waals surface area contributed by atoms with Crippen LogP contribution < -0.4 is 5.11 Å². The van der Waals surface area contributed by atoms with Crippen LogP contribution in [-0.2, 0) is 9.59 Å². The van der Waals surface area contributed by atoms with Crippen LogP contribution in [0.2, 0.25) is 0 Å². The SMILES string of the molecule is C=C(C(=O)[O-])C(=O)C(F)(F)F. The van der Waals surface area contributed by atoms with Crippen LogP contribution in [0.3, 0.4) is 0 Å². The molecule has 0 aliphatic heterocycles. The zero-order valence-corrected chi connectivity index (χ0v) is 5.07. The third-order valence-electron chi connectivity index (χ3n) is 0.778. The van der Waals surface area contributed by atoms with Crippen molar-refractivity contribution < 1.29 is 27.9 Å². The van der Waals surface area contributed by atoms with Gasteiger partial charge in [-0.15, -0.1) is 0 Å². The van der Waals surface area contributed by atoms with Gasteiger partial charge in [0.05, 0.1) is 5.97 Å². The Balaban J connectivity index is 4.53. The summed E-state index contributed by atoms with van der Waals surface area (Å²) in [6, 6.07) is 0. The molecule has 0 aliphatic rings. The second kappa shape index (κ2) is 2.73. The van der Waals surface area contributed by atoms with Crippen molar-refractivity contribution in [1.82, 2.24) is 0 Å². The molecule has 0 fully saturated rings. The molecule has 0 aromatic heterocycles. The maximum absolute atomic E-state index is 11.4. The molecule has 6 heteroatoms. The number of carbonyl (C=O) groups is 2. The number of ketones is 1. The van der Waals surface area contributed by atoms with Crippen LogP contribution in [0.15, 0.2) is 12.2 Å². The van der Waals surface area contributed by atoms with Crippen LogP contribution in [0.4, 0.5) is 13.2 Å². The summed E-state index contributed by atoms with van der Waals surface area (Å²) in [5.74, 6) is -4.70. The molecule has 11 heavy (non-hydrogen) atoms. The van der Waals surface area contributed by atoms with Gasteiger partial charge in [0.2, 0.25) is 0 Å². The molecule has 0 saturated carbocycles. The predicted molar refractivity (Wildman–Crippen MR) is 25.2 cm³/mol. The van der Waals surface area contributed by atoms with E-state index in [1.54, 1.807) is 0 Å². The van der Waals surface area contributed by atoms with Gasteiger partial charge in [0.25, 0.3) is 5.78 Å². The van der Waals surface area contributed by atoms with Gasteiger partial charge in [-0.25, -0.2) is 0 Å². The molecule has 0 rings (SSSR count). The summed E-state index contributed by atoms with van der Waals surface area (Å²) in [5, 5.41) is 9.66. The zero-order chi connectivity index (χ0) is 9.23. The van der Waals surface area contributed by atoms with E-state index in [9.17, 15) is 27.9 Å². The monoisotopic (exact) mass is 167 g/mol. The molecule has 0 unspecified atom stereocenters. The van der Waals surface area contributed by atoms with Gasteiger partial charge in [0, 0.05) is 5.57 Å². The molecule has 62 valence electrons. The molecule has 0 heterocycles. The van der Waals surface area contributed by atoms with E-state index in [0.29, 0.717) is 0 Å². The van der Waals surface area contributed by atoms with Gasteiger partial charge < -0.3 is 9.90 Å². The topological polar surface area (TPSA) is 57.2 Å². The van der Waals surface area contributed by atoms with Crippen molar-refractivity contribution in [2.45, 2.75) is 6.18 Å². The highest BCUT2D eigenvalue weighted by Gasteiger charge is 2.40. The first-order valence-corrected chi connectivity index (χ1v) is 2.28. The first-order chi connectivity index (χ1) is 4.76. The van der Waals surface area contributed by atoms with Crippen LogP contribution in [0, 0.1) is 0 Å². The third-order valence-corrected chi connectivity index (χ3v) is 0.778. The summed E-state index contributed by atoms with van der Waals surface area (Å²) in [5.41, 5.74) is -1.59. The van der Waals surface area contributed by atoms with Gasteiger partial charge in [0.15, 0.2) is 0 Å². The number of Topliss-reactive ketones (excluding diaryl/α,β-unsaturated/α-hetero) is 1. The molecule has 0 aromatic rings. The van der Waals surface area contributed by atoms with Crippen molar-refractivity contribution in [2.75, 3.05) is 0 Å². The molecule has 3 nitrogen and oxygen atoms in total. The Labute approximate surface area is 59.1 Å². The number of aliphatic carboxylic acids is 1. The lowest BCUT2D eigenvalue weighted by Crippen LogP contribution is -2.34. The first-order valence-electron chi connectivity index (χ1n) is 2.28. The molecule has 0 amide bonds. The summed E-state index contributed by atoms with van der Waals surface area (Å²) in [7, 11) is 0. The van der Waals surface area contributed by atoms with Crippen LogP contribution in [0.25, 0.3) is 0 Å². The van der Waals surface area contributed by atoms with E-state index in [4.69, 9.17) is 0 Å². The van der Waals surface area contributed by atoms with Gasteiger partial charge in [-0.05, 0) is 0 Å². The number of hydrogen-bond donors (Lipinski definition) is 0. The Morgan fingerprint density at radius 2 is 1.64 bits per heavy atom. The lowest BCUT2D eigenvalue weighted by molar-refractivity contribution is -0.299. The molecular weight excluding hydrogens is 165 g/mol. The summed E-state index contributed by atoms with van der Waals surface area (Å²) in [6.45, 7) is 2.39. The van der Waals surface area contributed by atoms with E-state index >= 15 is 0 Å². The van der Waals surface area contributed by atoms with Gasteiger partial charge in [-0.1, -0.05) is 6.58 Å². The highest BCUT2D eigenvalue weighted by molar-refractivity contribution is 6.17. The van der Waals surface area contributed by atoms with Gasteiger partial charge in [-0.2, -0.15) is 13.2 Å². The summed E-state index contributed by atoms with van der Waals surface area (Å²) >= 11 is 0. The largest absolute Gasteiger partial charge is 0.545 e. The lowest BCUT2D eigenvalue weighted by atomic mass is 10.2. The van der Waals surface area contributed by atoms with Crippen molar-refractivity contribution in [3.05, 3.63) is 12.2 Å². The average molecular weight is 167 g/mol. The Kier molecular flexibility index (Phi) is 2.40. The zero-order valence-electron chi connectivity index (χ0n) is 5.07. The van der Waals surface area contributed by atoms with Gasteiger partial charge in [0.1, 0.15) is 0 Å². The number of carbonyl (C=O) groups excluding carboxylic acids is 2. The summed E-state index contributed by atoms with van der Waals surface area (Å²) in [6.07, 6.45) is -5.20. The summed E-state index contributed by atoms with van der Waals surface area (Å²) in [4.78, 5) is 19.6. The highest BCUT2D eigenvalue weighted by atomic mass is 19.4. The molecule has 0 atom stereocenters. The Morgan fingerprint density at radius 1 is 1.27 bits per heavy atom. The third kappa shape index (κ3) is 2.40. The van der Waals surface area contributed by atoms with Gasteiger partial charge >= 0.3 is 6.18 Å². The number of carboxylic acid groups (broad SMARTS) is 1. The molecule has 0 bridgehead atoms. The van der Waals surface area contributed by atoms with Crippen LogP contribution in [0.1, 0.15) is 0 Å². The fourth-order valence-electron chi connectivity index (χ4n) is 0.264. The van der Waals surface area contributed by atoms with E-state index in [2.05, 4.69) is 6.58 Å². The van der Waals surface area contributed by atoms with Crippen LogP contribution in [-0.4, -0.2) is 17.9 Å². The Bertz CT molecular complexity index is 216. The Hall–Kier alpha value is -1.33. The molecule has 0 N–H and O–H groups in total. The van der Waals surface area contributed by atoms with Crippen molar-refractivity contribution in [3.63, 3.8) is 0 Å². The predicted octanol–water partition coefficient (Wildman–Crippen LogP) is -0.576. The normalized spacial score (nSPS) is 10.8. The number of carboxylic acids is 1. The maximum atomic E-state index is 11.4. The molecular formula is C5H2F3O3-. The van der Waals surface area contributed by atoms with E-state index < -0.39 is 23.5 Å². The number of hydrogen-bond acceptors (Lipinski definition) is 3. The molecule has 0 spiro atoms. The minimum absolute atomic E-state index is 1.59. The van der Waals surface area contributed by atoms with E-state index in [1.165, 1.54) is 0 Å². The number of halogens is 3. The van der Waals surface area contributed by atoms with Crippen LogP contribution in [0.5, 0.6) is 0 Å². The second-order valence-corrected chi connectivity index (χ2v) is 1.59. The van der Waals surface area contributed by atoms with Gasteiger partial charge in [-0.3, -0.25) is 4.79 Å². The second-order valence-electron chi connectivity index (χ2n) is 1.59. The number of rotatable bonds is 2. The maximum Gasteiger partial charge on any atom is 0.454 e. The fourth-order valence-corrected chi connectivity index (χ4v) is 0.264. The molecule has 0 saturated heterocycles. The first kappa shape index (κ1) is 9.67. The highest BCUT2D eigenvalue weighted by Crippen LogP contribution is 2.19. The standard InChI is InChI=1S/C5H3F3O3/c1-2(4(10)11)3(9)5(6,7)8/h1H2,(H,10,11)/p-1. The number of alkyl halides is 3. The van der Waals surface area contributed by atoms with Crippen LogP contribution >= 0.6 is 0 Å². The smallest absolute Gasteiger partial charge is 0.454 e. The fraction of sp³-hybridized carbons (Fsp3) is 0.200. The minimum Gasteiger partial charge on any atom is -0.545 e. The molecule has 0 aromatic carbocycles. The van der Waals surface area contributed by atoms with Crippen molar-refractivity contribution in [2.24, 2.45) is 0 Å². The van der Waals surface area contributed by atoms with Crippen molar-refractivity contribution >= 4 is 11.8 Å². The van der Waals surface area contributed by atoms with Crippen molar-refractivity contribution in [3.8, 4) is 0 Å². The average Bonchev–Trinajstić information content (AvgIpc) is 1.82. The Morgan fingerprint density at radius 3 is 1.73 bits per heavy atom. The quantitative estimate of drug-likeness (QED) is 0.314. The molecule has 0 aliphatic carbocycles. The lowest BCUT2D eigenvalue weighted by Gasteiger charge is -2.07. The van der Waals surface area contributed by atoms with Crippen molar-refractivity contribution in [1.29, 1.82) is 0 Å². The minimum atomic E-state index is -5.20. The van der Waals surface area contributed by atoms with E-state index in [1.807, 2.05) is 0 Å². The molecule has 0 radical (unpaired) electrons. The van der Waals surface area contributed by atoms with E-state index in [-0.39, 0.29) is 0 Å². The summed E-state index contributed by atoms with van der Waals surface area (Å²) < 4.78 is 34.1. The van der Waals surface area contributed by atoms with E-state index in [0.717, 1.165) is 0 Å².